The summed E-state index contributed by atoms with van der Waals surface area (Å²) in [5.41, 5.74) is 0.279. The molecule has 1 amide bonds. The van der Waals surface area contributed by atoms with E-state index in [1.54, 1.807) is 4.90 Å². The van der Waals surface area contributed by atoms with E-state index in [1.165, 1.54) is 47.6 Å². The maximum atomic E-state index is 14.1. The average Bonchev–Trinajstić information content (AvgIpc) is 2.73. The van der Waals surface area contributed by atoms with Crippen molar-refractivity contribution in [1.29, 1.82) is 0 Å². The van der Waals surface area contributed by atoms with Crippen LogP contribution in [-0.4, -0.2) is 61.2 Å². The first kappa shape index (κ1) is 22.7. The van der Waals surface area contributed by atoms with Gasteiger partial charge in [0.1, 0.15) is 5.82 Å². The van der Waals surface area contributed by atoms with Gasteiger partial charge in [-0.1, -0.05) is 17.7 Å². The van der Waals surface area contributed by atoms with E-state index in [2.05, 4.69) is 0 Å². The Morgan fingerprint density at radius 1 is 1.07 bits per heavy atom. The summed E-state index contributed by atoms with van der Waals surface area (Å²) in [5.74, 6) is -0.939. The van der Waals surface area contributed by atoms with Gasteiger partial charge in [-0.05, 0) is 43.3 Å². The number of hydrogen-bond acceptors (Lipinski definition) is 5. The number of benzene rings is 2. The van der Waals surface area contributed by atoms with Crippen molar-refractivity contribution in [2.24, 2.45) is 0 Å². The summed E-state index contributed by atoms with van der Waals surface area (Å²) < 4.78 is 40.8. The molecule has 0 saturated carbocycles. The lowest BCUT2D eigenvalue weighted by Crippen LogP contribution is -2.50. The molecule has 160 valence electrons. The standard InChI is InChI=1S/C20H20ClFN2O4S2/c1-14(25)15-2-7-19(18(22)12-15)29-13-20(26)23-8-10-24(11-9-23)30(27,28)17-5-3-16(21)4-6-17/h2-7,12H,8-11,13H2,1H3. The number of rotatable bonds is 6. The van der Waals surface area contributed by atoms with Crippen LogP contribution in [0.1, 0.15) is 17.3 Å². The zero-order chi connectivity index (χ0) is 21.9. The third kappa shape index (κ3) is 5.21. The minimum atomic E-state index is -3.65. The fourth-order valence-corrected chi connectivity index (χ4v) is 5.37. The van der Waals surface area contributed by atoms with Crippen LogP contribution in [0.25, 0.3) is 0 Å². The van der Waals surface area contributed by atoms with E-state index in [9.17, 15) is 22.4 Å². The monoisotopic (exact) mass is 470 g/mol. The summed E-state index contributed by atoms with van der Waals surface area (Å²) >= 11 is 6.87. The van der Waals surface area contributed by atoms with Gasteiger partial charge in [0, 0.05) is 41.7 Å². The Kier molecular flexibility index (Phi) is 7.18. The van der Waals surface area contributed by atoms with Crippen LogP contribution >= 0.6 is 23.4 Å². The highest BCUT2D eigenvalue weighted by molar-refractivity contribution is 8.00. The number of Topliss-reactive ketones (excluding diaryl/α,β-unsaturated/α-hetero) is 1. The minimum absolute atomic E-state index is 0.0280. The molecule has 1 aliphatic rings. The maximum absolute atomic E-state index is 14.1. The Bertz CT molecular complexity index is 1050. The number of ketones is 1. The number of carbonyl (C=O) groups is 2. The predicted octanol–water partition coefficient (Wildman–Crippen LogP) is 3.31. The number of sulfonamides is 1. The topological polar surface area (TPSA) is 74.8 Å². The lowest BCUT2D eigenvalue weighted by atomic mass is 10.1. The fraction of sp³-hybridized carbons (Fsp3) is 0.300. The predicted molar refractivity (Wildman–Crippen MR) is 114 cm³/mol. The third-order valence-electron chi connectivity index (χ3n) is 4.73. The molecule has 0 radical (unpaired) electrons. The van der Waals surface area contributed by atoms with Crippen molar-refractivity contribution in [1.82, 2.24) is 9.21 Å². The van der Waals surface area contributed by atoms with Crippen LogP contribution in [0.3, 0.4) is 0 Å². The van der Waals surface area contributed by atoms with Crippen molar-refractivity contribution in [2.45, 2.75) is 16.7 Å². The quantitative estimate of drug-likeness (QED) is 0.478. The molecule has 2 aromatic rings. The molecule has 0 N–H and O–H groups in total. The second kappa shape index (κ2) is 9.47. The zero-order valence-electron chi connectivity index (χ0n) is 16.2. The molecule has 0 unspecified atom stereocenters. The number of amides is 1. The van der Waals surface area contributed by atoms with Crippen molar-refractivity contribution in [2.75, 3.05) is 31.9 Å². The van der Waals surface area contributed by atoms with E-state index >= 15 is 0 Å². The van der Waals surface area contributed by atoms with Crippen LogP contribution in [0.15, 0.2) is 52.3 Å². The Balaban J connectivity index is 1.55. The first-order valence-corrected chi connectivity index (χ1v) is 12.0. The highest BCUT2D eigenvalue weighted by atomic mass is 35.5. The van der Waals surface area contributed by atoms with Crippen molar-refractivity contribution >= 4 is 45.1 Å². The molecule has 6 nitrogen and oxygen atoms in total. The van der Waals surface area contributed by atoms with Crippen LogP contribution in [0, 0.1) is 5.82 Å². The van der Waals surface area contributed by atoms with Gasteiger partial charge in [0.25, 0.3) is 0 Å². The highest BCUT2D eigenvalue weighted by Gasteiger charge is 2.30. The molecule has 3 rings (SSSR count). The van der Waals surface area contributed by atoms with Gasteiger partial charge in [-0.3, -0.25) is 9.59 Å². The van der Waals surface area contributed by atoms with Crippen molar-refractivity contribution in [3.8, 4) is 0 Å². The minimum Gasteiger partial charge on any atom is -0.339 e. The molecular formula is C20H20ClFN2O4S2. The summed E-state index contributed by atoms with van der Waals surface area (Å²) in [6.07, 6.45) is 0. The van der Waals surface area contributed by atoms with Crippen LogP contribution in [0.4, 0.5) is 4.39 Å². The van der Waals surface area contributed by atoms with Gasteiger partial charge in [-0.2, -0.15) is 4.31 Å². The van der Waals surface area contributed by atoms with E-state index in [0.29, 0.717) is 5.02 Å². The summed E-state index contributed by atoms with van der Waals surface area (Å²) in [6, 6.07) is 10.1. The number of hydrogen-bond donors (Lipinski definition) is 0. The summed E-state index contributed by atoms with van der Waals surface area (Å²) in [6.45, 7) is 2.25. The molecule has 30 heavy (non-hydrogen) atoms. The molecule has 2 aromatic carbocycles. The van der Waals surface area contributed by atoms with Crippen molar-refractivity contribution in [3.63, 3.8) is 0 Å². The molecule has 0 bridgehead atoms. The summed E-state index contributed by atoms with van der Waals surface area (Å²) in [7, 11) is -3.65. The lowest BCUT2D eigenvalue weighted by molar-refractivity contribution is -0.129. The van der Waals surface area contributed by atoms with Crippen molar-refractivity contribution in [3.05, 3.63) is 58.9 Å². The maximum Gasteiger partial charge on any atom is 0.243 e. The van der Waals surface area contributed by atoms with E-state index in [1.807, 2.05) is 0 Å². The Hall–Kier alpha value is -1.94. The van der Waals surface area contributed by atoms with Gasteiger partial charge in [0.2, 0.25) is 15.9 Å². The van der Waals surface area contributed by atoms with Crippen LogP contribution < -0.4 is 0 Å². The number of nitrogens with zero attached hydrogens (tertiary/aromatic N) is 2. The summed E-state index contributed by atoms with van der Waals surface area (Å²) in [4.78, 5) is 25.8. The second-order valence-electron chi connectivity index (χ2n) is 6.73. The molecule has 1 aliphatic heterocycles. The zero-order valence-corrected chi connectivity index (χ0v) is 18.6. The SMILES string of the molecule is CC(=O)c1ccc(SCC(=O)N2CCN(S(=O)(=O)c3ccc(Cl)cc3)CC2)c(F)c1. The largest absolute Gasteiger partial charge is 0.339 e. The molecule has 0 spiro atoms. The molecule has 0 aromatic heterocycles. The van der Waals surface area contributed by atoms with E-state index in [4.69, 9.17) is 11.6 Å². The van der Waals surface area contributed by atoms with E-state index in [0.717, 1.165) is 17.8 Å². The van der Waals surface area contributed by atoms with Crippen molar-refractivity contribution < 1.29 is 22.4 Å². The van der Waals surface area contributed by atoms with Gasteiger partial charge in [0.05, 0.1) is 10.6 Å². The normalized spacial score (nSPS) is 15.2. The number of carbonyl (C=O) groups excluding carboxylic acids is 2. The van der Waals surface area contributed by atoms with Gasteiger partial charge in [0.15, 0.2) is 5.78 Å². The number of halogens is 2. The highest BCUT2D eigenvalue weighted by Crippen LogP contribution is 2.24. The van der Waals surface area contributed by atoms with Crippen LogP contribution in [-0.2, 0) is 14.8 Å². The molecule has 10 heteroatoms. The number of thioether (sulfide) groups is 1. The Labute approximate surface area is 184 Å². The third-order valence-corrected chi connectivity index (χ3v) is 7.93. The second-order valence-corrected chi connectivity index (χ2v) is 10.1. The fourth-order valence-electron chi connectivity index (χ4n) is 3.00. The molecule has 1 heterocycles. The smallest absolute Gasteiger partial charge is 0.243 e. The first-order chi connectivity index (χ1) is 14.2. The molecule has 1 saturated heterocycles. The van der Waals surface area contributed by atoms with Gasteiger partial charge in [-0.15, -0.1) is 11.8 Å². The Morgan fingerprint density at radius 3 is 2.27 bits per heavy atom. The molecule has 0 aliphatic carbocycles. The lowest BCUT2D eigenvalue weighted by Gasteiger charge is -2.34. The average molecular weight is 471 g/mol. The Morgan fingerprint density at radius 2 is 1.70 bits per heavy atom. The van der Waals surface area contributed by atoms with E-state index in [-0.39, 0.29) is 59.0 Å². The van der Waals surface area contributed by atoms with Gasteiger partial charge < -0.3 is 4.90 Å². The molecular weight excluding hydrogens is 451 g/mol. The van der Waals surface area contributed by atoms with Gasteiger partial charge in [-0.25, -0.2) is 12.8 Å². The van der Waals surface area contributed by atoms with Crippen LogP contribution in [0.2, 0.25) is 5.02 Å². The van der Waals surface area contributed by atoms with Crippen LogP contribution in [0.5, 0.6) is 0 Å². The van der Waals surface area contributed by atoms with Gasteiger partial charge >= 0.3 is 0 Å². The molecule has 0 atom stereocenters. The number of piperazine rings is 1. The van der Waals surface area contributed by atoms with E-state index < -0.39 is 15.8 Å². The molecule has 1 fully saturated rings. The first-order valence-electron chi connectivity index (χ1n) is 9.15. The summed E-state index contributed by atoms with van der Waals surface area (Å²) in [5, 5.41) is 0.453.